The first-order valence-corrected chi connectivity index (χ1v) is 9.72. The van der Waals surface area contributed by atoms with Gasteiger partial charge in [-0.1, -0.05) is 24.3 Å². The van der Waals surface area contributed by atoms with Crippen LogP contribution in [0.3, 0.4) is 0 Å². The van der Waals surface area contributed by atoms with Gasteiger partial charge in [0.05, 0.1) is 13.2 Å². The number of benzene rings is 2. The highest BCUT2D eigenvalue weighted by atomic mass is 16.5. The molecule has 3 aromatic rings. The molecule has 156 valence electrons. The minimum absolute atomic E-state index is 0.0199. The Kier molecular flexibility index (Phi) is 6.57. The largest absolute Gasteiger partial charge is 0.493 e. The summed E-state index contributed by atoms with van der Waals surface area (Å²) in [6, 6.07) is 12.8. The van der Waals surface area contributed by atoms with E-state index in [0.29, 0.717) is 17.1 Å². The fraction of sp³-hybridized carbons (Fsp3) is 0.250. The summed E-state index contributed by atoms with van der Waals surface area (Å²) in [7, 11) is 1.56. The van der Waals surface area contributed by atoms with Crippen LogP contribution in [-0.4, -0.2) is 36.1 Å². The number of Topliss-reactive ketones (excluding diaryl/α,β-unsaturated/α-hetero) is 1. The third kappa shape index (κ3) is 4.89. The summed E-state index contributed by atoms with van der Waals surface area (Å²) >= 11 is 0. The second kappa shape index (κ2) is 9.31. The molecular weight excluding hydrogens is 382 g/mol. The molecule has 30 heavy (non-hydrogen) atoms. The van der Waals surface area contributed by atoms with Crippen LogP contribution in [0, 0.1) is 0 Å². The zero-order valence-electron chi connectivity index (χ0n) is 17.5. The summed E-state index contributed by atoms with van der Waals surface area (Å²) in [6.07, 6.45) is 3.65. The molecule has 2 aromatic carbocycles. The van der Waals surface area contributed by atoms with E-state index in [9.17, 15) is 9.59 Å². The van der Waals surface area contributed by atoms with E-state index in [1.54, 1.807) is 38.4 Å². The number of aromatic amines is 1. The van der Waals surface area contributed by atoms with E-state index >= 15 is 0 Å². The Bertz CT molecular complexity index is 1080. The Morgan fingerprint density at radius 3 is 2.53 bits per heavy atom. The molecule has 0 fully saturated rings. The van der Waals surface area contributed by atoms with Gasteiger partial charge in [-0.2, -0.15) is 0 Å². The Hall–Kier alpha value is -3.54. The van der Waals surface area contributed by atoms with Gasteiger partial charge in [0.1, 0.15) is 0 Å². The normalized spacial score (nSPS) is 12.3. The summed E-state index contributed by atoms with van der Waals surface area (Å²) < 4.78 is 16.3. The highest BCUT2D eigenvalue weighted by Crippen LogP contribution is 2.29. The highest BCUT2D eigenvalue weighted by molar-refractivity contribution is 6.10. The number of hydrogen-bond donors (Lipinski definition) is 1. The number of esters is 1. The third-order valence-electron chi connectivity index (χ3n) is 4.48. The SMILES string of the molecule is COc1cc(/C=C/C(=O)O[C@@H](C)C(=O)c2c[nH]c3ccccc23)ccc1OC(C)C. The van der Waals surface area contributed by atoms with Gasteiger partial charge in [-0.15, -0.1) is 0 Å². The second-order valence-corrected chi connectivity index (χ2v) is 7.10. The van der Waals surface area contributed by atoms with Gasteiger partial charge in [0, 0.05) is 28.7 Å². The molecule has 0 amide bonds. The average Bonchev–Trinajstić information content (AvgIpc) is 3.16. The van der Waals surface area contributed by atoms with Crippen molar-refractivity contribution in [2.75, 3.05) is 7.11 Å². The van der Waals surface area contributed by atoms with Crippen molar-refractivity contribution in [3.63, 3.8) is 0 Å². The Morgan fingerprint density at radius 2 is 1.80 bits per heavy atom. The molecule has 0 saturated heterocycles. The Morgan fingerprint density at radius 1 is 1.03 bits per heavy atom. The first kappa shape index (κ1) is 21.2. The summed E-state index contributed by atoms with van der Waals surface area (Å²) in [5, 5.41) is 0.803. The van der Waals surface area contributed by atoms with E-state index in [4.69, 9.17) is 14.2 Å². The molecule has 0 unspecified atom stereocenters. The number of carbonyl (C=O) groups excluding carboxylic acids is 2. The predicted molar refractivity (Wildman–Crippen MR) is 116 cm³/mol. The van der Waals surface area contributed by atoms with Crippen LogP contribution in [-0.2, 0) is 9.53 Å². The zero-order valence-corrected chi connectivity index (χ0v) is 17.5. The summed E-state index contributed by atoms with van der Waals surface area (Å²) in [5.74, 6) is 0.343. The molecule has 0 spiro atoms. The number of fused-ring (bicyclic) bond motifs is 1. The summed E-state index contributed by atoms with van der Waals surface area (Å²) in [4.78, 5) is 27.9. The van der Waals surface area contributed by atoms with Crippen LogP contribution < -0.4 is 9.47 Å². The van der Waals surface area contributed by atoms with Crippen LogP contribution in [0.2, 0.25) is 0 Å². The molecule has 3 rings (SSSR count). The van der Waals surface area contributed by atoms with Gasteiger partial charge in [-0.05, 0) is 50.6 Å². The Labute approximate surface area is 175 Å². The van der Waals surface area contributed by atoms with Crippen molar-refractivity contribution in [1.82, 2.24) is 4.98 Å². The third-order valence-corrected chi connectivity index (χ3v) is 4.48. The number of rotatable bonds is 8. The van der Waals surface area contributed by atoms with Gasteiger partial charge in [-0.3, -0.25) is 4.79 Å². The van der Waals surface area contributed by atoms with Crippen molar-refractivity contribution >= 4 is 28.7 Å². The number of aromatic nitrogens is 1. The molecule has 1 heterocycles. The number of ether oxygens (including phenoxy) is 3. The van der Waals surface area contributed by atoms with E-state index in [1.165, 1.54) is 6.08 Å². The van der Waals surface area contributed by atoms with Crippen LogP contribution >= 0.6 is 0 Å². The second-order valence-electron chi connectivity index (χ2n) is 7.10. The quantitative estimate of drug-likeness (QED) is 0.330. The van der Waals surface area contributed by atoms with E-state index < -0.39 is 12.1 Å². The molecular formula is C24H25NO5. The number of para-hydroxylation sites is 1. The fourth-order valence-electron chi connectivity index (χ4n) is 3.06. The lowest BCUT2D eigenvalue weighted by molar-refractivity contribution is -0.140. The van der Waals surface area contributed by atoms with E-state index in [1.807, 2.05) is 44.2 Å². The first-order chi connectivity index (χ1) is 14.4. The molecule has 0 aliphatic heterocycles. The van der Waals surface area contributed by atoms with Gasteiger partial charge in [0.2, 0.25) is 5.78 Å². The number of hydrogen-bond acceptors (Lipinski definition) is 5. The van der Waals surface area contributed by atoms with Crippen molar-refractivity contribution in [1.29, 1.82) is 0 Å². The topological polar surface area (TPSA) is 77.6 Å². The van der Waals surface area contributed by atoms with E-state index in [-0.39, 0.29) is 11.9 Å². The van der Waals surface area contributed by atoms with Crippen LogP contribution in [0.1, 0.15) is 36.7 Å². The maximum absolute atomic E-state index is 12.7. The monoisotopic (exact) mass is 407 g/mol. The Balaban J connectivity index is 1.66. The average molecular weight is 407 g/mol. The molecule has 0 aliphatic carbocycles. The molecule has 1 aromatic heterocycles. The number of ketones is 1. The fourth-order valence-corrected chi connectivity index (χ4v) is 3.06. The lowest BCUT2D eigenvalue weighted by Gasteiger charge is -2.13. The molecule has 0 radical (unpaired) electrons. The van der Waals surface area contributed by atoms with Crippen molar-refractivity contribution < 1.29 is 23.8 Å². The number of nitrogens with one attached hydrogen (secondary N) is 1. The van der Waals surface area contributed by atoms with Crippen LogP contribution in [0.15, 0.2) is 54.7 Å². The smallest absolute Gasteiger partial charge is 0.331 e. The van der Waals surface area contributed by atoms with Crippen molar-refractivity contribution in [3.05, 3.63) is 65.9 Å². The molecule has 6 heteroatoms. The zero-order chi connectivity index (χ0) is 21.7. The van der Waals surface area contributed by atoms with Gasteiger partial charge < -0.3 is 19.2 Å². The minimum Gasteiger partial charge on any atom is -0.493 e. The predicted octanol–water partition coefficient (Wildman–Crippen LogP) is 4.79. The lowest BCUT2D eigenvalue weighted by atomic mass is 10.1. The van der Waals surface area contributed by atoms with Crippen LogP contribution in [0.25, 0.3) is 17.0 Å². The molecule has 1 N–H and O–H groups in total. The van der Waals surface area contributed by atoms with Gasteiger partial charge in [0.25, 0.3) is 0 Å². The highest BCUT2D eigenvalue weighted by Gasteiger charge is 2.21. The number of H-pyrrole nitrogens is 1. The van der Waals surface area contributed by atoms with Crippen LogP contribution in [0.4, 0.5) is 0 Å². The molecule has 1 atom stereocenters. The van der Waals surface area contributed by atoms with Gasteiger partial charge in [0.15, 0.2) is 17.6 Å². The van der Waals surface area contributed by atoms with Gasteiger partial charge in [-0.25, -0.2) is 4.79 Å². The summed E-state index contributed by atoms with van der Waals surface area (Å²) in [5.41, 5.74) is 2.11. The van der Waals surface area contributed by atoms with E-state index in [2.05, 4.69) is 4.98 Å². The van der Waals surface area contributed by atoms with Crippen molar-refractivity contribution in [2.24, 2.45) is 0 Å². The van der Waals surface area contributed by atoms with E-state index in [0.717, 1.165) is 16.5 Å². The molecule has 0 bridgehead atoms. The van der Waals surface area contributed by atoms with Gasteiger partial charge >= 0.3 is 5.97 Å². The van der Waals surface area contributed by atoms with Crippen LogP contribution in [0.5, 0.6) is 11.5 Å². The molecule has 0 saturated carbocycles. The molecule has 0 aliphatic rings. The minimum atomic E-state index is -0.905. The maximum Gasteiger partial charge on any atom is 0.331 e. The molecule has 6 nitrogen and oxygen atoms in total. The first-order valence-electron chi connectivity index (χ1n) is 9.72. The maximum atomic E-state index is 12.7. The van der Waals surface area contributed by atoms with Crippen molar-refractivity contribution in [3.8, 4) is 11.5 Å². The number of carbonyl (C=O) groups is 2. The summed E-state index contributed by atoms with van der Waals surface area (Å²) in [6.45, 7) is 5.43. The number of methoxy groups -OCH3 is 1. The lowest BCUT2D eigenvalue weighted by Crippen LogP contribution is -2.23. The van der Waals surface area contributed by atoms with Crippen molar-refractivity contribution in [2.45, 2.75) is 33.0 Å². The standard InChI is InChI=1S/C24H25NO5/c1-15(2)29-21-11-9-17(13-22(21)28-4)10-12-23(26)30-16(3)24(27)19-14-25-20-8-6-5-7-18(19)20/h5-16,25H,1-4H3/b12-10+/t16-/m0/s1.